The molecule has 0 saturated carbocycles. The highest BCUT2D eigenvalue weighted by molar-refractivity contribution is 5.91. The molecule has 0 radical (unpaired) electrons. The van der Waals surface area contributed by atoms with Gasteiger partial charge in [0.2, 0.25) is 5.91 Å². The van der Waals surface area contributed by atoms with Crippen molar-refractivity contribution in [3.63, 3.8) is 0 Å². The molecule has 0 heterocycles. The summed E-state index contributed by atoms with van der Waals surface area (Å²) in [6.07, 6.45) is 1.74. The molecular formula is C24H22N2O4. The number of hydrogen-bond donors (Lipinski definition) is 1. The van der Waals surface area contributed by atoms with Gasteiger partial charge in [0, 0.05) is 0 Å². The van der Waals surface area contributed by atoms with Crippen LogP contribution in [0.15, 0.2) is 77.9 Å². The maximum atomic E-state index is 12.3. The van der Waals surface area contributed by atoms with Crippen molar-refractivity contribution in [1.29, 1.82) is 0 Å². The Hall–Kier alpha value is -3.93. The molecule has 0 spiro atoms. The molecule has 3 rings (SSSR count). The van der Waals surface area contributed by atoms with Crippen molar-refractivity contribution in [3.8, 4) is 11.5 Å². The Morgan fingerprint density at radius 2 is 1.70 bits per heavy atom. The minimum Gasteiger partial charge on any atom is -0.493 e. The molecule has 0 aliphatic carbocycles. The number of hydrogen-bond acceptors (Lipinski definition) is 5. The summed E-state index contributed by atoms with van der Waals surface area (Å²) in [6, 6.07) is 21.5. The van der Waals surface area contributed by atoms with Crippen molar-refractivity contribution >= 4 is 18.1 Å². The minimum absolute atomic E-state index is 0.215. The molecule has 152 valence electrons. The van der Waals surface area contributed by atoms with Crippen LogP contribution in [0.4, 0.5) is 0 Å². The monoisotopic (exact) mass is 402 g/mol. The maximum absolute atomic E-state index is 12.3. The highest BCUT2D eigenvalue weighted by Gasteiger charge is 2.12. The van der Waals surface area contributed by atoms with Gasteiger partial charge < -0.3 is 9.47 Å². The average molecular weight is 402 g/mol. The Morgan fingerprint density at radius 3 is 2.40 bits per heavy atom. The minimum atomic E-state index is -0.470. The third kappa shape index (κ3) is 5.78. The summed E-state index contributed by atoms with van der Waals surface area (Å²) in [5, 5.41) is 3.97. The number of benzene rings is 3. The van der Waals surface area contributed by atoms with Crippen LogP contribution in [0.1, 0.15) is 27.0 Å². The molecule has 0 aromatic heterocycles. The van der Waals surface area contributed by atoms with E-state index in [2.05, 4.69) is 10.5 Å². The molecule has 0 aliphatic heterocycles. The fourth-order valence-corrected chi connectivity index (χ4v) is 2.70. The van der Waals surface area contributed by atoms with Crippen molar-refractivity contribution in [1.82, 2.24) is 5.43 Å². The van der Waals surface area contributed by atoms with E-state index in [0.717, 1.165) is 11.1 Å². The van der Waals surface area contributed by atoms with Gasteiger partial charge in [-0.1, -0.05) is 48.0 Å². The lowest BCUT2D eigenvalue weighted by atomic mass is 10.1. The number of carbonyl (C=O) groups is 2. The number of amides is 1. The molecule has 0 bridgehead atoms. The van der Waals surface area contributed by atoms with Crippen LogP contribution in [-0.4, -0.2) is 25.2 Å². The molecule has 1 N–H and O–H groups in total. The second kappa shape index (κ2) is 10.0. The summed E-state index contributed by atoms with van der Waals surface area (Å²) in [7, 11) is 1.49. The molecule has 0 atom stereocenters. The van der Waals surface area contributed by atoms with E-state index in [4.69, 9.17) is 9.47 Å². The van der Waals surface area contributed by atoms with Crippen LogP contribution in [0.3, 0.4) is 0 Å². The van der Waals surface area contributed by atoms with Gasteiger partial charge in [-0.25, -0.2) is 10.2 Å². The third-order valence-electron chi connectivity index (χ3n) is 4.29. The van der Waals surface area contributed by atoms with E-state index in [1.165, 1.54) is 13.3 Å². The number of ether oxygens (including phenoxy) is 2. The SMILES string of the molecule is COc1cc(/C=N\NC(=O)Cc2ccccc2)ccc1OC(=O)c1ccc(C)cc1. The molecule has 1 amide bonds. The molecule has 0 aliphatic rings. The van der Waals surface area contributed by atoms with Gasteiger partial charge in [-0.15, -0.1) is 0 Å². The molecule has 0 fully saturated rings. The van der Waals surface area contributed by atoms with Gasteiger partial charge in [0.1, 0.15) is 0 Å². The lowest BCUT2D eigenvalue weighted by molar-refractivity contribution is -0.120. The molecular weight excluding hydrogens is 380 g/mol. The predicted octanol–water partition coefficient (Wildman–Crippen LogP) is 3.92. The quantitative estimate of drug-likeness (QED) is 0.281. The van der Waals surface area contributed by atoms with Crippen LogP contribution < -0.4 is 14.9 Å². The first-order valence-electron chi connectivity index (χ1n) is 9.38. The second-order valence-electron chi connectivity index (χ2n) is 6.62. The van der Waals surface area contributed by atoms with E-state index in [0.29, 0.717) is 22.6 Å². The normalized spacial score (nSPS) is 10.6. The Balaban J connectivity index is 1.62. The van der Waals surface area contributed by atoms with E-state index in [9.17, 15) is 9.59 Å². The molecule has 30 heavy (non-hydrogen) atoms. The predicted molar refractivity (Wildman–Crippen MR) is 115 cm³/mol. The lowest BCUT2D eigenvalue weighted by Gasteiger charge is -2.10. The summed E-state index contributed by atoms with van der Waals surface area (Å²) < 4.78 is 10.8. The van der Waals surface area contributed by atoms with Gasteiger partial charge in [0.15, 0.2) is 11.5 Å². The summed E-state index contributed by atoms with van der Waals surface area (Å²) in [5.41, 5.74) is 5.60. The zero-order valence-electron chi connectivity index (χ0n) is 16.8. The van der Waals surface area contributed by atoms with Crippen LogP contribution in [0.25, 0.3) is 0 Å². The molecule has 3 aromatic carbocycles. The van der Waals surface area contributed by atoms with Crippen molar-refractivity contribution in [2.45, 2.75) is 13.3 Å². The van der Waals surface area contributed by atoms with Crippen molar-refractivity contribution in [2.24, 2.45) is 5.10 Å². The second-order valence-corrected chi connectivity index (χ2v) is 6.62. The largest absolute Gasteiger partial charge is 0.493 e. The van der Waals surface area contributed by atoms with Crippen molar-refractivity contribution in [2.75, 3.05) is 7.11 Å². The first-order chi connectivity index (χ1) is 14.5. The lowest BCUT2D eigenvalue weighted by Crippen LogP contribution is -2.19. The third-order valence-corrected chi connectivity index (χ3v) is 4.29. The van der Waals surface area contributed by atoms with Gasteiger partial charge in [-0.3, -0.25) is 4.79 Å². The van der Waals surface area contributed by atoms with Crippen LogP contribution in [0.5, 0.6) is 11.5 Å². The summed E-state index contributed by atoms with van der Waals surface area (Å²) >= 11 is 0. The smallest absolute Gasteiger partial charge is 0.343 e. The summed E-state index contributed by atoms with van der Waals surface area (Å²) in [6.45, 7) is 1.95. The Kier molecular flexibility index (Phi) is 6.95. The van der Waals surface area contributed by atoms with E-state index in [1.807, 2.05) is 49.4 Å². The maximum Gasteiger partial charge on any atom is 0.343 e. The number of nitrogens with zero attached hydrogens (tertiary/aromatic N) is 1. The van der Waals surface area contributed by atoms with Gasteiger partial charge in [-0.2, -0.15) is 5.10 Å². The van der Waals surface area contributed by atoms with E-state index >= 15 is 0 Å². The van der Waals surface area contributed by atoms with Gasteiger partial charge in [-0.05, 0) is 48.4 Å². The van der Waals surface area contributed by atoms with E-state index < -0.39 is 5.97 Å². The standard InChI is InChI=1S/C24H22N2O4/c1-17-8-11-20(12-9-17)24(28)30-21-13-10-19(14-22(21)29-2)16-25-26-23(27)15-18-6-4-3-5-7-18/h3-14,16H,15H2,1-2H3,(H,26,27)/b25-16-. The fraction of sp³-hybridized carbons (Fsp3) is 0.125. The van der Waals surface area contributed by atoms with E-state index in [-0.39, 0.29) is 12.3 Å². The molecule has 3 aromatic rings. The van der Waals surface area contributed by atoms with Gasteiger partial charge >= 0.3 is 5.97 Å². The summed E-state index contributed by atoms with van der Waals surface area (Å²) in [5.74, 6) is -0.000632. The van der Waals surface area contributed by atoms with Crippen LogP contribution in [-0.2, 0) is 11.2 Å². The van der Waals surface area contributed by atoms with Crippen LogP contribution in [0.2, 0.25) is 0 Å². The highest BCUT2D eigenvalue weighted by Crippen LogP contribution is 2.28. The molecule has 6 heteroatoms. The van der Waals surface area contributed by atoms with E-state index in [1.54, 1.807) is 30.3 Å². The topological polar surface area (TPSA) is 77.0 Å². The number of methoxy groups -OCH3 is 1. The Bertz CT molecular complexity index is 1040. The number of aryl methyl sites for hydroxylation is 1. The molecule has 0 unspecified atom stereocenters. The first-order valence-corrected chi connectivity index (χ1v) is 9.38. The number of nitrogens with one attached hydrogen (secondary N) is 1. The Labute approximate surface area is 175 Å². The van der Waals surface area contributed by atoms with Gasteiger partial charge in [0.05, 0.1) is 25.3 Å². The first kappa shape index (κ1) is 20.8. The summed E-state index contributed by atoms with van der Waals surface area (Å²) in [4.78, 5) is 24.3. The number of carbonyl (C=O) groups excluding carboxylic acids is 2. The highest BCUT2D eigenvalue weighted by atomic mass is 16.6. The van der Waals surface area contributed by atoms with Crippen molar-refractivity contribution < 1.29 is 19.1 Å². The number of hydrazone groups is 1. The zero-order valence-corrected chi connectivity index (χ0v) is 16.8. The van der Waals surface area contributed by atoms with Crippen molar-refractivity contribution in [3.05, 3.63) is 95.1 Å². The average Bonchev–Trinajstić information content (AvgIpc) is 2.75. The number of rotatable bonds is 7. The molecule has 0 saturated heterocycles. The molecule has 6 nitrogen and oxygen atoms in total. The zero-order chi connectivity index (χ0) is 21.3. The van der Waals surface area contributed by atoms with Gasteiger partial charge in [0.25, 0.3) is 0 Å². The fourth-order valence-electron chi connectivity index (χ4n) is 2.70. The number of esters is 1. The van der Waals surface area contributed by atoms with Crippen LogP contribution in [0, 0.1) is 6.92 Å². The Morgan fingerprint density at radius 1 is 0.967 bits per heavy atom. The van der Waals surface area contributed by atoms with Crippen LogP contribution >= 0.6 is 0 Å².